The van der Waals surface area contributed by atoms with Crippen molar-refractivity contribution in [2.24, 2.45) is 11.8 Å². The Morgan fingerprint density at radius 3 is 2.36 bits per heavy atom. The number of piperidine rings is 1. The van der Waals surface area contributed by atoms with Crippen LogP contribution in [0.1, 0.15) is 58.3 Å². The van der Waals surface area contributed by atoms with Gasteiger partial charge >= 0.3 is 0 Å². The van der Waals surface area contributed by atoms with E-state index in [4.69, 9.17) is 0 Å². The summed E-state index contributed by atoms with van der Waals surface area (Å²) in [7, 11) is -3.10. The second kappa shape index (κ2) is 8.29. The lowest BCUT2D eigenvalue weighted by Crippen LogP contribution is -2.43. The third-order valence-electron chi connectivity index (χ3n) is 5.15. The minimum Gasteiger partial charge on any atom is -0.356 e. The fourth-order valence-corrected chi connectivity index (χ4v) is 4.76. The van der Waals surface area contributed by atoms with E-state index < -0.39 is 10.0 Å². The molecule has 0 radical (unpaired) electrons. The van der Waals surface area contributed by atoms with Gasteiger partial charge in [0, 0.05) is 25.6 Å². The number of hydrogen-bond acceptors (Lipinski definition) is 3. The first-order valence-corrected chi connectivity index (χ1v) is 10.4. The van der Waals surface area contributed by atoms with Crippen LogP contribution in [0.15, 0.2) is 0 Å². The van der Waals surface area contributed by atoms with E-state index in [9.17, 15) is 13.2 Å². The monoisotopic (exact) mass is 330 g/mol. The first kappa shape index (κ1) is 17.7. The average Bonchev–Trinajstić information content (AvgIpc) is 3.05. The molecule has 1 heterocycles. The van der Waals surface area contributed by atoms with Crippen LogP contribution in [0.25, 0.3) is 0 Å². The molecule has 2 fully saturated rings. The largest absolute Gasteiger partial charge is 0.356 e. The highest BCUT2D eigenvalue weighted by molar-refractivity contribution is 7.89. The highest BCUT2D eigenvalue weighted by atomic mass is 32.2. The molecule has 0 spiro atoms. The van der Waals surface area contributed by atoms with Crippen molar-refractivity contribution in [2.45, 2.75) is 58.3 Å². The third kappa shape index (κ3) is 4.95. The van der Waals surface area contributed by atoms with E-state index in [-0.39, 0.29) is 17.6 Å². The van der Waals surface area contributed by atoms with Crippen LogP contribution in [-0.4, -0.2) is 44.0 Å². The summed E-state index contributed by atoms with van der Waals surface area (Å²) >= 11 is 0. The van der Waals surface area contributed by atoms with Crippen LogP contribution >= 0.6 is 0 Å². The van der Waals surface area contributed by atoms with E-state index in [1.54, 1.807) is 6.92 Å². The molecule has 0 aromatic carbocycles. The summed E-state index contributed by atoms with van der Waals surface area (Å²) in [5.41, 5.74) is 0. The van der Waals surface area contributed by atoms with Crippen molar-refractivity contribution in [3.8, 4) is 0 Å². The summed E-state index contributed by atoms with van der Waals surface area (Å²) < 4.78 is 25.1. The van der Waals surface area contributed by atoms with Gasteiger partial charge in [0.15, 0.2) is 0 Å². The van der Waals surface area contributed by atoms with Crippen LogP contribution in [-0.2, 0) is 14.8 Å². The number of carbonyl (C=O) groups excluding carboxylic acids is 1. The Kier molecular flexibility index (Phi) is 6.68. The van der Waals surface area contributed by atoms with Gasteiger partial charge in [0.2, 0.25) is 15.9 Å². The molecule has 1 saturated heterocycles. The van der Waals surface area contributed by atoms with Crippen molar-refractivity contribution in [1.82, 2.24) is 9.62 Å². The Hall–Kier alpha value is -0.620. The molecule has 0 aromatic heterocycles. The topological polar surface area (TPSA) is 66.5 Å². The van der Waals surface area contributed by atoms with Crippen LogP contribution in [0.4, 0.5) is 0 Å². The second-order valence-electron chi connectivity index (χ2n) is 6.66. The fraction of sp³-hybridized carbons (Fsp3) is 0.938. The van der Waals surface area contributed by atoms with Crippen molar-refractivity contribution in [3.63, 3.8) is 0 Å². The predicted molar refractivity (Wildman–Crippen MR) is 88.0 cm³/mol. The Labute approximate surface area is 134 Å². The third-order valence-corrected chi connectivity index (χ3v) is 7.03. The molecule has 0 aromatic rings. The molecular weight excluding hydrogens is 300 g/mol. The van der Waals surface area contributed by atoms with E-state index in [0.29, 0.717) is 25.9 Å². The number of sulfonamides is 1. The molecule has 0 atom stereocenters. The number of hydrogen-bond donors (Lipinski definition) is 1. The minimum atomic E-state index is -3.10. The molecule has 1 aliphatic carbocycles. The van der Waals surface area contributed by atoms with E-state index in [0.717, 1.165) is 18.9 Å². The molecule has 0 unspecified atom stereocenters. The molecule has 0 bridgehead atoms. The smallest absolute Gasteiger partial charge is 0.223 e. The van der Waals surface area contributed by atoms with Crippen LogP contribution < -0.4 is 5.32 Å². The molecule has 2 rings (SSSR count). The van der Waals surface area contributed by atoms with E-state index in [1.807, 2.05) is 0 Å². The van der Waals surface area contributed by atoms with Crippen molar-refractivity contribution in [3.05, 3.63) is 0 Å². The summed E-state index contributed by atoms with van der Waals surface area (Å²) in [4.78, 5) is 12.1. The molecule has 2 aliphatic rings. The lowest BCUT2D eigenvalue weighted by atomic mass is 9.97. The highest BCUT2D eigenvalue weighted by Crippen LogP contribution is 2.28. The lowest BCUT2D eigenvalue weighted by Gasteiger charge is -2.30. The van der Waals surface area contributed by atoms with Gasteiger partial charge < -0.3 is 5.32 Å². The van der Waals surface area contributed by atoms with Crippen molar-refractivity contribution >= 4 is 15.9 Å². The highest BCUT2D eigenvalue weighted by Gasteiger charge is 2.29. The summed E-state index contributed by atoms with van der Waals surface area (Å²) in [6.45, 7) is 3.40. The molecule has 6 heteroatoms. The summed E-state index contributed by atoms with van der Waals surface area (Å²) in [6.07, 6.45) is 9.05. The SMILES string of the molecule is CCS(=O)(=O)N1CCC(C(=O)NCCCC2CCCC2)CC1. The van der Waals surface area contributed by atoms with Gasteiger partial charge in [-0.1, -0.05) is 25.7 Å². The number of nitrogens with zero attached hydrogens (tertiary/aromatic N) is 1. The first-order chi connectivity index (χ1) is 10.5. The quantitative estimate of drug-likeness (QED) is 0.727. The maximum Gasteiger partial charge on any atom is 0.223 e. The normalized spacial score (nSPS) is 22.0. The maximum atomic E-state index is 12.1. The second-order valence-corrected chi connectivity index (χ2v) is 8.92. The van der Waals surface area contributed by atoms with Crippen molar-refractivity contribution < 1.29 is 13.2 Å². The van der Waals surface area contributed by atoms with Gasteiger partial charge in [0.05, 0.1) is 5.75 Å². The molecule has 22 heavy (non-hydrogen) atoms. The molecule has 128 valence electrons. The number of rotatable bonds is 7. The number of amides is 1. The lowest BCUT2D eigenvalue weighted by molar-refractivity contribution is -0.126. The molecule has 1 aliphatic heterocycles. The van der Waals surface area contributed by atoms with E-state index >= 15 is 0 Å². The average molecular weight is 330 g/mol. The van der Waals surface area contributed by atoms with Crippen LogP contribution in [0, 0.1) is 11.8 Å². The standard InChI is InChI=1S/C16H30N2O3S/c1-2-22(20,21)18-12-9-15(10-13-18)16(19)17-11-5-8-14-6-3-4-7-14/h14-15H,2-13H2,1H3,(H,17,19). The zero-order valence-corrected chi connectivity index (χ0v) is 14.5. The predicted octanol–water partition coefficient (Wildman–Crippen LogP) is 2.13. The zero-order chi connectivity index (χ0) is 16.0. The molecule has 1 amide bonds. The van der Waals surface area contributed by atoms with Gasteiger partial charge in [-0.3, -0.25) is 4.79 Å². The Morgan fingerprint density at radius 1 is 1.14 bits per heavy atom. The van der Waals surface area contributed by atoms with Gasteiger partial charge in [-0.25, -0.2) is 12.7 Å². The van der Waals surface area contributed by atoms with Crippen molar-refractivity contribution in [2.75, 3.05) is 25.4 Å². The Bertz CT molecular complexity index is 450. The first-order valence-electron chi connectivity index (χ1n) is 8.78. The van der Waals surface area contributed by atoms with Crippen LogP contribution in [0.3, 0.4) is 0 Å². The zero-order valence-electron chi connectivity index (χ0n) is 13.7. The maximum absolute atomic E-state index is 12.1. The molecular formula is C16H30N2O3S. The Morgan fingerprint density at radius 2 is 1.77 bits per heavy atom. The number of nitrogens with one attached hydrogen (secondary N) is 1. The molecule has 5 nitrogen and oxygen atoms in total. The summed E-state index contributed by atoms with van der Waals surface area (Å²) in [5, 5.41) is 3.04. The van der Waals surface area contributed by atoms with E-state index in [1.165, 1.54) is 36.4 Å². The van der Waals surface area contributed by atoms with Gasteiger partial charge in [-0.05, 0) is 38.5 Å². The fourth-order valence-electron chi connectivity index (χ4n) is 3.62. The van der Waals surface area contributed by atoms with Gasteiger partial charge in [0.1, 0.15) is 0 Å². The Balaban J connectivity index is 1.62. The summed E-state index contributed by atoms with van der Waals surface area (Å²) in [5.74, 6) is 1.11. The van der Waals surface area contributed by atoms with Crippen molar-refractivity contribution in [1.29, 1.82) is 0 Å². The minimum absolute atomic E-state index is 0.0187. The summed E-state index contributed by atoms with van der Waals surface area (Å²) in [6, 6.07) is 0. The number of carbonyl (C=O) groups is 1. The van der Waals surface area contributed by atoms with Gasteiger partial charge in [0.25, 0.3) is 0 Å². The molecule has 1 N–H and O–H groups in total. The van der Waals surface area contributed by atoms with Crippen LogP contribution in [0.2, 0.25) is 0 Å². The van der Waals surface area contributed by atoms with E-state index in [2.05, 4.69) is 5.32 Å². The van der Waals surface area contributed by atoms with Gasteiger partial charge in [-0.2, -0.15) is 0 Å². The van der Waals surface area contributed by atoms with Gasteiger partial charge in [-0.15, -0.1) is 0 Å². The molecule has 1 saturated carbocycles. The van der Waals surface area contributed by atoms with Crippen LogP contribution in [0.5, 0.6) is 0 Å².